The van der Waals surface area contributed by atoms with Crippen LogP contribution in [0.25, 0.3) is 0 Å². The highest BCUT2D eigenvalue weighted by Gasteiger charge is 2.19. The first-order valence-electron chi connectivity index (χ1n) is 6.17. The normalized spacial score (nSPS) is 12.6. The Kier molecular flexibility index (Phi) is 4.75. The Morgan fingerprint density at radius 1 is 1.39 bits per heavy atom. The summed E-state index contributed by atoms with van der Waals surface area (Å²) in [6, 6.07) is 4.21. The average molecular weight is 281 g/mol. The van der Waals surface area contributed by atoms with Crippen LogP contribution in [0.4, 0.5) is 0 Å². The van der Waals surface area contributed by atoms with E-state index in [0.717, 1.165) is 18.0 Å². The van der Waals surface area contributed by atoms with Crippen molar-refractivity contribution in [3.63, 3.8) is 0 Å². The molecule has 1 N–H and O–H groups in total. The molecule has 2 nitrogen and oxygen atoms in total. The first kappa shape index (κ1) is 13.5. The molecule has 0 aromatic carbocycles. The molecule has 2 aromatic rings. The Labute approximate surface area is 117 Å². The molecule has 1 atom stereocenters. The van der Waals surface area contributed by atoms with Crippen LogP contribution in [0.15, 0.2) is 29.9 Å². The summed E-state index contributed by atoms with van der Waals surface area (Å²) in [4.78, 5) is 5.39. The largest absolute Gasteiger partial charge is 0.306 e. The van der Waals surface area contributed by atoms with Gasteiger partial charge in [-0.2, -0.15) is 0 Å². The Morgan fingerprint density at radius 3 is 2.83 bits per heavy atom. The van der Waals surface area contributed by atoms with Crippen LogP contribution in [0.3, 0.4) is 0 Å². The van der Waals surface area contributed by atoms with Crippen molar-refractivity contribution >= 4 is 22.9 Å². The first-order chi connectivity index (χ1) is 8.77. The predicted molar refractivity (Wildman–Crippen MR) is 78.5 cm³/mol. The zero-order chi connectivity index (χ0) is 13.0. The van der Waals surface area contributed by atoms with Crippen LogP contribution >= 0.6 is 22.9 Å². The van der Waals surface area contributed by atoms with Gasteiger partial charge in [-0.3, -0.25) is 4.98 Å². The van der Waals surface area contributed by atoms with E-state index in [9.17, 15) is 0 Å². The van der Waals surface area contributed by atoms with Crippen molar-refractivity contribution in [3.05, 3.63) is 50.9 Å². The first-order valence-corrected chi connectivity index (χ1v) is 7.42. The van der Waals surface area contributed by atoms with Crippen LogP contribution in [0.2, 0.25) is 5.02 Å². The highest BCUT2D eigenvalue weighted by atomic mass is 35.5. The monoisotopic (exact) mass is 280 g/mol. The summed E-state index contributed by atoms with van der Waals surface area (Å²) < 4.78 is 0. The van der Waals surface area contributed by atoms with Gasteiger partial charge in [0.25, 0.3) is 0 Å². The SMILES string of the molecule is CCNC(c1ccncc1CC)c1sccc1Cl. The van der Waals surface area contributed by atoms with Gasteiger partial charge in [0.1, 0.15) is 0 Å². The van der Waals surface area contributed by atoms with E-state index >= 15 is 0 Å². The van der Waals surface area contributed by atoms with E-state index < -0.39 is 0 Å². The second kappa shape index (κ2) is 6.32. The van der Waals surface area contributed by atoms with Crippen molar-refractivity contribution in [3.8, 4) is 0 Å². The fraction of sp³-hybridized carbons (Fsp3) is 0.357. The van der Waals surface area contributed by atoms with Crippen LogP contribution in [-0.2, 0) is 6.42 Å². The number of hydrogen-bond donors (Lipinski definition) is 1. The molecule has 1 unspecified atom stereocenters. The third kappa shape index (κ3) is 2.74. The van der Waals surface area contributed by atoms with Crippen molar-refractivity contribution in [1.82, 2.24) is 10.3 Å². The summed E-state index contributed by atoms with van der Waals surface area (Å²) in [5.74, 6) is 0. The Balaban J connectivity index is 2.45. The van der Waals surface area contributed by atoms with E-state index in [1.165, 1.54) is 16.0 Å². The van der Waals surface area contributed by atoms with Gasteiger partial charge in [0.05, 0.1) is 11.1 Å². The highest BCUT2D eigenvalue weighted by molar-refractivity contribution is 7.10. The van der Waals surface area contributed by atoms with Crippen LogP contribution in [-0.4, -0.2) is 11.5 Å². The second-order valence-electron chi connectivity index (χ2n) is 4.05. The fourth-order valence-electron chi connectivity index (χ4n) is 2.07. The van der Waals surface area contributed by atoms with Crippen molar-refractivity contribution in [1.29, 1.82) is 0 Å². The minimum atomic E-state index is 0.167. The van der Waals surface area contributed by atoms with E-state index in [1.807, 2.05) is 23.8 Å². The summed E-state index contributed by atoms with van der Waals surface area (Å²) >= 11 is 7.97. The molecule has 0 bridgehead atoms. The Morgan fingerprint density at radius 2 is 2.22 bits per heavy atom. The predicted octanol–water partition coefficient (Wildman–Crippen LogP) is 4.06. The molecule has 0 radical (unpaired) electrons. The van der Waals surface area contributed by atoms with Crippen molar-refractivity contribution in [2.75, 3.05) is 6.54 Å². The lowest BCUT2D eigenvalue weighted by Gasteiger charge is -2.20. The van der Waals surface area contributed by atoms with Crippen molar-refractivity contribution in [2.24, 2.45) is 0 Å². The summed E-state index contributed by atoms with van der Waals surface area (Å²) in [5.41, 5.74) is 2.55. The summed E-state index contributed by atoms with van der Waals surface area (Å²) in [6.07, 6.45) is 4.77. The van der Waals surface area contributed by atoms with Gasteiger partial charge in [0, 0.05) is 17.3 Å². The van der Waals surface area contributed by atoms with Gasteiger partial charge in [-0.1, -0.05) is 25.4 Å². The zero-order valence-corrected chi connectivity index (χ0v) is 12.2. The molecule has 2 rings (SSSR count). The van der Waals surface area contributed by atoms with Gasteiger partial charge in [0.2, 0.25) is 0 Å². The van der Waals surface area contributed by atoms with Crippen LogP contribution in [0.5, 0.6) is 0 Å². The van der Waals surface area contributed by atoms with Crippen molar-refractivity contribution in [2.45, 2.75) is 26.3 Å². The van der Waals surface area contributed by atoms with E-state index in [2.05, 4.69) is 30.2 Å². The maximum absolute atomic E-state index is 6.27. The Hall–Kier alpha value is -0.900. The highest BCUT2D eigenvalue weighted by Crippen LogP contribution is 2.34. The van der Waals surface area contributed by atoms with E-state index in [1.54, 1.807) is 11.3 Å². The molecule has 2 heterocycles. The van der Waals surface area contributed by atoms with Crippen LogP contribution in [0, 0.1) is 0 Å². The lowest BCUT2D eigenvalue weighted by Crippen LogP contribution is -2.22. The minimum absolute atomic E-state index is 0.167. The quantitative estimate of drug-likeness (QED) is 0.893. The number of pyridine rings is 1. The number of thiophene rings is 1. The maximum atomic E-state index is 6.27. The molecule has 4 heteroatoms. The van der Waals surface area contributed by atoms with Gasteiger partial charge < -0.3 is 5.32 Å². The molecule has 0 amide bonds. The van der Waals surface area contributed by atoms with Gasteiger partial charge in [-0.25, -0.2) is 0 Å². The third-order valence-electron chi connectivity index (χ3n) is 2.95. The number of nitrogens with zero attached hydrogens (tertiary/aromatic N) is 1. The average Bonchev–Trinajstić information content (AvgIpc) is 2.82. The number of hydrogen-bond acceptors (Lipinski definition) is 3. The van der Waals surface area contributed by atoms with Crippen LogP contribution < -0.4 is 5.32 Å². The molecule has 0 saturated heterocycles. The molecular formula is C14H17ClN2S. The third-order valence-corrected chi connectivity index (χ3v) is 4.37. The molecule has 2 aromatic heterocycles. The Bertz CT molecular complexity index is 510. The minimum Gasteiger partial charge on any atom is -0.306 e. The fourth-order valence-corrected chi connectivity index (χ4v) is 3.33. The summed E-state index contributed by atoms with van der Waals surface area (Å²) in [6.45, 7) is 5.17. The molecule has 0 spiro atoms. The van der Waals surface area contributed by atoms with Gasteiger partial charge in [-0.05, 0) is 41.6 Å². The zero-order valence-electron chi connectivity index (χ0n) is 10.6. The second-order valence-corrected chi connectivity index (χ2v) is 5.41. The van der Waals surface area contributed by atoms with E-state index in [0.29, 0.717) is 0 Å². The maximum Gasteiger partial charge on any atom is 0.0689 e. The van der Waals surface area contributed by atoms with E-state index in [-0.39, 0.29) is 6.04 Å². The molecule has 0 saturated carbocycles. The number of rotatable bonds is 5. The number of nitrogens with one attached hydrogen (secondary N) is 1. The molecule has 18 heavy (non-hydrogen) atoms. The molecule has 0 aliphatic carbocycles. The van der Waals surface area contributed by atoms with Crippen LogP contribution in [0.1, 0.15) is 35.9 Å². The molecule has 96 valence electrons. The number of halogens is 1. The topological polar surface area (TPSA) is 24.9 Å². The number of aryl methyl sites for hydroxylation is 1. The molecule has 0 aliphatic heterocycles. The van der Waals surface area contributed by atoms with Gasteiger partial charge in [0.15, 0.2) is 0 Å². The molecular weight excluding hydrogens is 264 g/mol. The number of aromatic nitrogens is 1. The standard InChI is InChI=1S/C14H17ClN2S/c1-3-10-9-16-7-5-11(10)13(17-4-2)14-12(15)6-8-18-14/h5-9,13,17H,3-4H2,1-2H3. The van der Waals surface area contributed by atoms with E-state index in [4.69, 9.17) is 11.6 Å². The molecule has 0 fully saturated rings. The van der Waals surface area contributed by atoms with Gasteiger partial charge >= 0.3 is 0 Å². The summed E-state index contributed by atoms with van der Waals surface area (Å²) in [7, 11) is 0. The summed E-state index contributed by atoms with van der Waals surface area (Å²) in [5, 5.41) is 6.39. The van der Waals surface area contributed by atoms with Crippen molar-refractivity contribution < 1.29 is 0 Å². The lowest BCUT2D eigenvalue weighted by atomic mass is 9.99. The lowest BCUT2D eigenvalue weighted by molar-refractivity contribution is 0.633. The smallest absolute Gasteiger partial charge is 0.0689 e. The molecule has 0 aliphatic rings. The van der Waals surface area contributed by atoms with Gasteiger partial charge in [-0.15, -0.1) is 11.3 Å².